The number of hydrogen-bond donors (Lipinski definition) is 0. The minimum atomic E-state index is 0.643. The molecule has 0 N–H and O–H groups in total. The number of hydrogen-bond acceptors (Lipinski definition) is 4. The summed E-state index contributed by atoms with van der Waals surface area (Å²) in [5.41, 5.74) is 5.81. The number of aryl methyl sites for hydroxylation is 1. The maximum absolute atomic E-state index is 6.26. The van der Waals surface area contributed by atoms with Crippen LogP contribution in [-0.2, 0) is 0 Å². The summed E-state index contributed by atoms with van der Waals surface area (Å²) >= 11 is 0. The van der Waals surface area contributed by atoms with Crippen molar-refractivity contribution in [3.63, 3.8) is 0 Å². The molecule has 138 valence electrons. The first-order valence-corrected chi connectivity index (χ1v) is 9.51. The summed E-state index contributed by atoms with van der Waals surface area (Å²) in [7, 11) is 0. The van der Waals surface area contributed by atoms with Crippen molar-refractivity contribution < 1.29 is 8.83 Å². The molecule has 4 nitrogen and oxygen atoms in total. The largest absolute Gasteiger partial charge is 0.454 e. The number of furan rings is 2. The van der Waals surface area contributed by atoms with E-state index in [4.69, 9.17) is 8.83 Å². The van der Waals surface area contributed by atoms with Gasteiger partial charge in [-0.3, -0.25) is 4.98 Å². The average molecular weight is 376 g/mol. The van der Waals surface area contributed by atoms with Crippen LogP contribution in [0.25, 0.3) is 55.6 Å². The van der Waals surface area contributed by atoms with E-state index in [0.29, 0.717) is 5.71 Å². The van der Waals surface area contributed by atoms with E-state index in [9.17, 15) is 0 Å². The topological polar surface area (TPSA) is 52.1 Å². The van der Waals surface area contributed by atoms with Gasteiger partial charge in [0.25, 0.3) is 0 Å². The lowest BCUT2D eigenvalue weighted by molar-refractivity contribution is 0.630. The van der Waals surface area contributed by atoms with Crippen LogP contribution in [0.4, 0.5) is 0 Å². The Morgan fingerprint density at radius 3 is 2.55 bits per heavy atom. The molecule has 0 saturated carbocycles. The van der Waals surface area contributed by atoms with Crippen LogP contribution in [0.3, 0.4) is 0 Å². The van der Waals surface area contributed by atoms with Crippen molar-refractivity contribution in [3.05, 3.63) is 84.7 Å². The van der Waals surface area contributed by atoms with E-state index in [-0.39, 0.29) is 0 Å². The number of pyridine rings is 2. The highest BCUT2D eigenvalue weighted by Crippen LogP contribution is 2.38. The summed E-state index contributed by atoms with van der Waals surface area (Å²) in [4.78, 5) is 9.19. The number of rotatable bonds is 2. The van der Waals surface area contributed by atoms with E-state index in [1.165, 1.54) is 0 Å². The van der Waals surface area contributed by atoms with Crippen molar-refractivity contribution in [1.82, 2.24) is 9.97 Å². The summed E-state index contributed by atoms with van der Waals surface area (Å²) in [5, 5.41) is 3.04. The molecular formula is C25H16N2O2. The molecule has 0 amide bonds. The summed E-state index contributed by atoms with van der Waals surface area (Å²) in [6.45, 7) is 1.96. The third-order valence-corrected chi connectivity index (χ3v) is 5.25. The van der Waals surface area contributed by atoms with E-state index >= 15 is 0 Å². The molecule has 4 heteroatoms. The smallest absolute Gasteiger partial charge is 0.227 e. The van der Waals surface area contributed by atoms with Gasteiger partial charge >= 0.3 is 0 Å². The average Bonchev–Trinajstić information content (AvgIpc) is 3.35. The maximum Gasteiger partial charge on any atom is 0.227 e. The minimum absolute atomic E-state index is 0.643. The predicted molar refractivity (Wildman–Crippen MR) is 115 cm³/mol. The lowest BCUT2D eigenvalue weighted by Gasteiger charge is -2.02. The van der Waals surface area contributed by atoms with Gasteiger partial charge in [0.15, 0.2) is 5.58 Å². The van der Waals surface area contributed by atoms with E-state index in [1.54, 1.807) is 0 Å². The monoisotopic (exact) mass is 376 g/mol. The molecule has 4 heterocycles. The molecule has 0 aliphatic carbocycles. The molecule has 0 spiro atoms. The predicted octanol–water partition coefficient (Wildman–Crippen LogP) is 6.76. The molecule has 0 aliphatic heterocycles. The first kappa shape index (κ1) is 16.1. The summed E-state index contributed by atoms with van der Waals surface area (Å²) in [6.07, 6.45) is 1.81. The van der Waals surface area contributed by atoms with Crippen molar-refractivity contribution in [1.29, 1.82) is 0 Å². The van der Waals surface area contributed by atoms with E-state index in [0.717, 1.165) is 55.6 Å². The zero-order valence-electron chi connectivity index (χ0n) is 15.7. The molecule has 4 aromatic heterocycles. The van der Waals surface area contributed by atoms with E-state index in [2.05, 4.69) is 28.2 Å². The number of aromatic nitrogens is 2. The Bertz CT molecular complexity index is 1510. The molecule has 0 saturated heterocycles. The van der Waals surface area contributed by atoms with Crippen LogP contribution in [0.5, 0.6) is 0 Å². The van der Waals surface area contributed by atoms with Crippen molar-refractivity contribution in [2.24, 2.45) is 0 Å². The Morgan fingerprint density at radius 1 is 0.759 bits per heavy atom. The second-order valence-corrected chi connectivity index (χ2v) is 7.14. The molecule has 0 bridgehead atoms. The molecule has 2 aromatic carbocycles. The number of benzene rings is 2. The van der Waals surface area contributed by atoms with Crippen LogP contribution in [-0.4, -0.2) is 9.97 Å². The van der Waals surface area contributed by atoms with Crippen molar-refractivity contribution in [2.45, 2.75) is 6.92 Å². The number of nitrogens with zero attached hydrogens (tertiary/aromatic N) is 2. The third-order valence-electron chi connectivity index (χ3n) is 5.25. The highest BCUT2D eigenvalue weighted by molar-refractivity contribution is 6.10. The molecular weight excluding hydrogens is 360 g/mol. The van der Waals surface area contributed by atoms with E-state index in [1.807, 2.05) is 67.7 Å². The molecule has 0 atom stereocenters. The molecule has 0 radical (unpaired) electrons. The Labute approximate surface area is 166 Å². The zero-order chi connectivity index (χ0) is 19.4. The molecule has 29 heavy (non-hydrogen) atoms. The zero-order valence-corrected chi connectivity index (χ0v) is 15.7. The molecule has 0 fully saturated rings. The van der Waals surface area contributed by atoms with Crippen LogP contribution in [0.15, 0.2) is 87.8 Å². The third kappa shape index (κ3) is 2.46. The second-order valence-electron chi connectivity index (χ2n) is 7.14. The van der Waals surface area contributed by atoms with Crippen molar-refractivity contribution in [2.75, 3.05) is 0 Å². The second kappa shape index (κ2) is 6.04. The van der Waals surface area contributed by atoms with Crippen molar-refractivity contribution >= 4 is 33.0 Å². The SMILES string of the molecule is Cc1ccc2c(n1)oc1c(-c3nccc4cc(-c5ccccc5)oc34)cccc12. The van der Waals surface area contributed by atoms with Crippen molar-refractivity contribution in [3.8, 4) is 22.6 Å². The maximum atomic E-state index is 6.26. The quantitative estimate of drug-likeness (QED) is 0.335. The van der Waals surface area contributed by atoms with Crippen LogP contribution in [0, 0.1) is 6.92 Å². The molecule has 0 unspecified atom stereocenters. The fraction of sp³-hybridized carbons (Fsp3) is 0.0400. The lowest BCUT2D eigenvalue weighted by atomic mass is 10.1. The number of fused-ring (bicyclic) bond motifs is 4. The van der Waals surface area contributed by atoms with Gasteiger partial charge in [-0.1, -0.05) is 42.5 Å². The first-order chi connectivity index (χ1) is 14.3. The highest BCUT2D eigenvalue weighted by atomic mass is 16.3. The lowest BCUT2D eigenvalue weighted by Crippen LogP contribution is -1.84. The molecule has 6 rings (SSSR count). The Balaban J connectivity index is 1.63. The van der Waals surface area contributed by atoms with Gasteiger partial charge in [0.1, 0.15) is 17.0 Å². The first-order valence-electron chi connectivity index (χ1n) is 9.51. The van der Waals surface area contributed by atoms with Gasteiger partial charge in [-0.2, -0.15) is 0 Å². The normalized spacial score (nSPS) is 11.6. The molecule has 0 aliphatic rings. The van der Waals surface area contributed by atoms with Crippen LogP contribution in [0.2, 0.25) is 0 Å². The Morgan fingerprint density at radius 2 is 1.66 bits per heavy atom. The Kier molecular flexibility index (Phi) is 3.35. The van der Waals surface area contributed by atoms with Crippen LogP contribution >= 0.6 is 0 Å². The highest BCUT2D eigenvalue weighted by Gasteiger charge is 2.18. The Hall–Kier alpha value is -3.92. The van der Waals surface area contributed by atoms with Gasteiger partial charge in [-0.15, -0.1) is 0 Å². The van der Waals surface area contributed by atoms with Crippen LogP contribution in [0.1, 0.15) is 5.69 Å². The van der Waals surface area contributed by atoms with Gasteiger partial charge in [-0.25, -0.2) is 4.98 Å². The minimum Gasteiger partial charge on any atom is -0.454 e. The fourth-order valence-corrected chi connectivity index (χ4v) is 3.86. The van der Waals surface area contributed by atoms with Gasteiger partial charge in [0, 0.05) is 39.2 Å². The summed E-state index contributed by atoms with van der Waals surface area (Å²) < 4.78 is 12.4. The molecule has 6 aromatic rings. The van der Waals surface area contributed by atoms with E-state index < -0.39 is 0 Å². The standard InChI is InChI=1S/C25H16N2O2/c1-15-10-11-19-18-8-5-9-20(24(18)29-25(19)27-15)22-23-17(12-13-26-22)14-21(28-23)16-6-3-2-4-7-16/h2-14H,1H3. The van der Waals surface area contributed by atoms with Gasteiger partial charge in [0.2, 0.25) is 5.71 Å². The van der Waals surface area contributed by atoms with Gasteiger partial charge in [0.05, 0.1) is 0 Å². The van der Waals surface area contributed by atoms with Crippen LogP contribution < -0.4 is 0 Å². The summed E-state index contributed by atoms with van der Waals surface area (Å²) in [5.74, 6) is 0.823. The van der Waals surface area contributed by atoms with Gasteiger partial charge < -0.3 is 8.83 Å². The van der Waals surface area contributed by atoms with Gasteiger partial charge in [-0.05, 0) is 37.3 Å². The fourth-order valence-electron chi connectivity index (χ4n) is 3.86. The number of para-hydroxylation sites is 1. The summed E-state index contributed by atoms with van der Waals surface area (Å²) in [6, 6.07) is 24.3.